The van der Waals surface area contributed by atoms with Crippen molar-refractivity contribution in [3.05, 3.63) is 35.4 Å². The van der Waals surface area contributed by atoms with E-state index in [0.29, 0.717) is 5.92 Å². The van der Waals surface area contributed by atoms with E-state index in [-0.39, 0.29) is 6.10 Å². The highest BCUT2D eigenvalue weighted by atomic mass is 16.3. The largest absolute Gasteiger partial charge is 0.393 e. The second kappa shape index (κ2) is 5.41. The van der Waals surface area contributed by atoms with E-state index in [1.54, 1.807) is 0 Å². The van der Waals surface area contributed by atoms with E-state index in [1.807, 2.05) is 0 Å². The summed E-state index contributed by atoms with van der Waals surface area (Å²) in [6, 6.07) is 8.82. The molecule has 1 aliphatic carbocycles. The van der Waals surface area contributed by atoms with Gasteiger partial charge in [-0.15, -0.1) is 0 Å². The molecule has 2 unspecified atom stereocenters. The minimum Gasteiger partial charge on any atom is -0.393 e. The van der Waals surface area contributed by atoms with Gasteiger partial charge in [-0.05, 0) is 49.3 Å². The maximum absolute atomic E-state index is 9.96. The Hall–Kier alpha value is -0.860. The second-order valence-electron chi connectivity index (χ2n) is 5.87. The van der Waals surface area contributed by atoms with Crippen LogP contribution < -0.4 is 0 Å². The standard InChI is InChI=1S/C16H23NO/c18-16-9-3-7-15(16)12-17-10-4-8-13-5-1-2-6-14(13)11-17/h1-2,5-6,15-16,18H,3-4,7-12H2. The highest BCUT2D eigenvalue weighted by Crippen LogP contribution is 2.28. The predicted octanol–water partition coefficient (Wildman–Crippen LogP) is 2.60. The first kappa shape index (κ1) is 12.2. The summed E-state index contributed by atoms with van der Waals surface area (Å²) >= 11 is 0. The van der Waals surface area contributed by atoms with Crippen molar-refractivity contribution in [3.63, 3.8) is 0 Å². The summed E-state index contributed by atoms with van der Waals surface area (Å²) in [5.74, 6) is 0.510. The number of rotatable bonds is 2. The summed E-state index contributed by atoms with van der Waals surface area (Å²) in [7, 11) is 0. The van der Waals surface area contributed by atoms with Crippen molar-refractivity contribution in [2.45, 2.75) is 44.8 Å². The molecule has 3 rings (SSSR count). The Morgan fingerprint density at radius 1 is 1.11 bits per heavy atom. The number of fused-ring (bicyclic) bond motifs is 1. The molecule has 0 aromatic heterocycles. The number of aryl methyl sites for hydroxylation is 1. The molecule has 0 saturated heterocycles. The van der Waals surface area contributed by atoms with E-state index in [4.69, 9.17) is 0 Å². The third-order valence-corrected chi connectivity index (χ3v) is 4.54. The highest BCUT2D eigenvalue weighted by Gasteiger charge is 2.27. The van der Waals surface area contributed by atoms with Crippen LogP contribution in [0.4, 0.5) is 0 Å². The van der Waals surface area contributed by atoms with Crippen molar-refractivity contribution in [1.82, 2.24) is 4.90 Å². The van der Waals surface area contributed by atoms with Gasteiger partial charge in [-0.25, -0.2) is 0 Å². The van der Waals surface area contributed by atoms with Crippen molar-refractivity contribution < 1.29 is 5.11 Å². The summed E-state index contributed by atoms with van der Waals surface area (Å²) in [6.07, 6.45) is 5.83. The van der Waals surface area contributed by atoms with Crippen LogP contribution >= 0.6 is 0 Å². The van der Waals surface area contributed by atoms with Crippen LogP contribution in [0.5, 0.6) is 0 Å². The van der Waals surface area contributed by atoms with Crippen LogP contribution in [-0.2, 0) is 13.0 Å². The zero-order valence-corrected chi connectivity index (χ0v) is 11.0. The molecule has 0 bridgehead atoms. The van der Waals surface area contributed by atoms with Crippen LogP contribution in [0.3, 0.4) is 0 Å². The quantitative estimate of drug-likeness (QED) is 0.865. The van der Waals surface area contributed by atoms with Gasteiger partial charge in [-0.2, -0.15) is 0 Å². The molecule has 1 heterocycles. The van der Waals surface area contributed by atoms with Gasteiger partial charge in [0.2, 0.25) is 0 Å². The van der Waals surface area contributed by atoms with E-state index in [0.717, 1.165) is 19.5 Å². The van der Waals surface area contributed by atoms with E-state index in [9.17, 15) is 5.11 Å². The van der Waals surface area contributed by atoms with Crippen LogP contribution in [0.2, 0.25) is 0 Å². The van der Waals surface area contributed by atoms with E-state index in [2.05, 4.69) is 29.2 Å². The molecule has 1 aromatic rings. The molecule has 1 aliphatic heterocycles. The van der Waals surface area contributed by atoms with E-state index in [1.165, 1.54) is 43.4 Å². The molecule has 18 heavy (non-hydrogen) atoms. The first-order valence-electron chi connectivity index (χ1n) is 7.30. The number of benzene rings is 1. The molecular formula is C16H23NO. The summed E-state index contributed by atoms with van der Waals surface area (Å²) in [4.78, 5) is 2.55. The smallest absolute Gasteiger partial charge is 0.0580 e. The molecule has 1 N–H and O–H groups in total. The summed E-state index contributed by atoms with van der Waals surface area (Å²) in [5.41, 5.74) is 3.01. The third kappa shape index (κ3) is 2.60. The lowest BCUT2D eigenvalue weighted by molar-refractivity contribution is 0.0999. The Morgan fingerprint density at radius 2 is 1.94 bits per heavy atom. The van der Waals surface area contributed by atoms with Gasteiger partial charge in [0, 0.05) is 13.1 Å². The Morgan fingerprint density at radius 3 is 2.72 bits per heavy atom. The van der Waals surface area contributed by atoms with Crippen LogP contribution in [0.15, 0.2) is 24.3 Å². The van der Waals surface area contributed by atoms with Crippen LogP contribution in [0.25, 0.3) is 0 Å². The van der Waals surface area contributed by atoms with Crippen molar-refractivity contribution in [2.75, 3.05) is 13.1 Å². The molecular weight excluding hydrogens is 222 g/mol. The van der Waals surface area contributed by atoms with Crippen LogP contribution in [0.1, 0.15) is 36.8 Å². The topological polar surface area (TPSA) is 23.5 Å². The molecule has 2 nitrogen and oxygen atoms in total. The maximum atomic E-state index is 9.96. The van der Waals surface area contributed by atoms with Gasteiger partial charge in [0.1, 0.15) is 0 Å². The van der Waals surface area contributed by atoms with Crippen molar-refractivity contribution in [3.8, 4) is 0 Å². The molecule has 1 saturated carbocycles. The van der Waals surface area contributed by atoms with E-state index >= 15 is 0 Å². The fourth-order valence-corrected chi connectivity index (χ4v) is 3.49. The van der Waals surface area contributed by atoms with Gasteiger partial charge >= 0.3 is 0 Å². The average molecular weight is 245 g/mol. The first-order chi connectivity index (χ1) is 8.83. The SMILES string of the molecule is OC1CCCC1CN1CCCc2ccccc2C1. The molecule has 1 aromatic carbocycles. The van der Waals surface area contributed by atoms with Gasteiger partial charge in [0.15, 0.2) is 0 Å². The number of hydrogen-bond donors (Lipinski definition) is 1. The van der Waals surface area contributed by atoms with Crippen LogP contribution in [0, 0.1) is 5.92 Å². The lowest BCUT2D eigenvalue weighted by Gasteiger charge is -2.25. The number of hydrogen-bond acceptors (Lipinski definition) is 2. The van der Waals surface area contributed by atoms with Gasteiger partial charge in [0.05, 0.1) is 6.10 Å². The minimum absolute atomic E-state index is 0.0523. The molecule has 2 aliphatic rings. The predicted molar refractivity (Wildman–Crippen MR) is 73.4 cm³/mol. The highest BCUT2D eigenvalue weighted by molar-refractivity contribution is 5.28. The Kier molecular flexibility index (Phi) is 3.67. The van der Waals surface area contributed by atoms with Crippen molar-refractivity contribution in [2.24, 2.45) is 5.92 Å². The summed E-state index contributed by atoms with van der Waals surface area (Å²) in [6.45, 7) is 3.33. The number of aliphatic hydroxyl groups is 1. The van der Waals surface area contributed by atoms with Crippen LogP contribution in [-0.4, -0.2) is 29.2 Å². The Bertz CT molecular complexity index is 404. The normalized spacial score (nSPS) is 28.9. The number of aliphatic hydroxyl groups excluding tert-OH is 1. The molecule has 98 valence electrons. The average Bonchev–Trinajstić information content (AvgIpc) is 2.66. The van der Waals surface area contributed by atoms with Gasteiger partial charge in [-0.1, -0.05) is 30.7 Å². The molecule has 1 fully saturated rings. The van der Waals surface area contributed by atoms with Crippen molar-refractivity contribution in [1.29, 1.82) is 0 Å². The fraction of sp³-hybridized carbons (Fsp3) is 0.625. The lowest BCUT2D eigenvalue weighted by atomic mass is 10.0. The molecule has 2 heteroatoms. The fourth-order valence-electron chi connectivity index (χ4n) is 3.49. The second-order valence-corrected chi connectivity index (χ2v) is 5.87. The van der Waals surface area contributed by atoms with Gasteiger partial charge < -0.3 is 5.11 Å². The summed E-state index contributed by atoms with van der Waals surface area (Å²) in [5, 5.41) is 9.96. The lowest BCUT2D eigenvalue weighted by Crippen LogP contribution is -2.32. The molecule has 2 atom stereocenters. The number of nitrogens with zero attached hydrogens (tertiary/aromatic N) is 1. The monoisotopic (exact) mass is 245 g/mol. The van der Waals surface area contributed by atoms with Crippen molar-refractivity contribution >= 4 is 0 Å². The maximum Gasteiger partial charge on any atom is 0.0580 e. The molecule has 0 radical (unpaired) electrons. The van der Waals surface area contributed by atoms with Gasteiger partial charge in [0.25, 0.3) is 0 Å². The minimum atomic E-state index is -0.0523. The Balaban J connectivity index is 1.67. The molecule has 0 spiro atoms. The zero-order chi connectivity index (χ0) is 12.4. The Labute approximate surface area is 110 Å². The summed E-state index contributed by atoms with van der Waals surface area (Å²) < 4.78 is 0. The first-order valence-corrected chi connectivity index (χ1v) is 7.30. The molecule has 0 amide bonds. The van der Waals surface area contributed by atoms with E-state index < -0.39 is 0 Å². The van der Waals surface area contributed by atoms with Gasteiger partial charge in [-0.3, -0.25) is 4.90 Å². The third-order valence-electron chi connectivity index (χ3n) is 4.54. The zero-order valence-electron chi connectivity index (χ0n) is 11.0.